The van der Waals surface area contributed by atoms with Crippen molar-refractivity contribution in [2.24, 2.45) is 0 Å². The van der Waals surface area contributed by atoms with Gasteiger partial charge in [-0.05, 0) is 40.9 Å². The Labute approximate surface area is 103 Å². The van der Waals surface area contributed by atoms with E-state index in [2.05, 4.69) is 0 Å². The molecule has 17 heavy (non-hydrogen) atoms. The molecule has 0 aromatic heterocycles. The van der Waals surface area contributed by atoms with Gasteiger partial charge in [0.15, 0.2) is 5.79 Å². The lowest BCUT2D eigenvalue weighted by atomic mass is 10.3. The summed E-state index contributed by atoms with van der Waals surface area (Å²) in [5.74, 6) is -0.720. The van der Waals surface area contributed by atoms with Gasteiger partial charge >= 0.3 is 5.97 Å². The Hall–Kier alpha value is -0.650. The zero-order valence-electron chi connectivity index (χ0n) is 11.2. The number of carbonyl (C=O) groups excluding carboxylic acids is 1. The van der Waals surface area contributed by atoms with Crippen LogP contribution in [-0.4, -0.2) is 56.6 Å². The van der Waals surface area contributed by atoms with Crippen LogP contribution >= 0.6 is 0 Å². The van der Waals surface area contributed by atoms with Crippen molar-refractivity contribution in [3.63, 3.8) is 0 Å². The zero-order chi connectivity index (χ0) is 12.9. The number of hydrogen-bond donors (Lipinski definition) is 0. The molecule has 0 spiro atoms. The third kappa shape index (κ3) is 6.00. The predicted octanol–water partition coefficient (Wildman–Crippen LogP) is 1.02. The molecule has 5 nitrogen and oxygen atoms in total. The van der Waals surface area contributed by atoms with Gasteiger partial charge in [-0.15, -0.1) is 0 Å². The molecule has 1 rings (SSSR count). The highest BCUT2D eigenvalue weighted by molar-refractivity contribution is 5.69. The zero-order valence-corrected chi connectivity index (χ0v) is 11.2. The molecule has 1 heterocycles. The first kappa shape index (κ1) is 14.4. The molecule has 1 aliphatic rings. The molecule has 0 amide bonds. The molecule has 5 heteroatoms. The predicted molar refractivity (Wildman–Crippen MR) is 63.7 cm³/mol. The maximum atomic E-state index is 11.4. The minimum absolute atomic E-state index is 0.136. The summed E-state index contributed by atoms with van der Waals surface area (Å²) < 4.78 is 16.1. The molecule has 1 fully saturated rings. The summed E-state index contributed by atoms with van der Waals surface area (Å²) in [4.78, 5) is 13.5. The molecule has 1 saturated heterocycles. The van der Waals surface area contributed by atoms with E-state index >= 15 is 0 Å². The lowest BCUT2D eigenvalue weighted by Gasteiger charge is -2.17. The summed E-state index contributed by atoms with van der Waals surface area (Å²) in [6.45, 7) is 5.37. The molecule has 0 radical (unpaired) electrons. The normalized spacial score (nSPS) is 23.0. The lowest BCUT2D eigenvalue weighted by Crippen LogP contribution is -2.25. The van der Waals surface area contributed by atoms with E-state index in [-0.39, 0.29) is 18.7 Å². The molecule has 0 aromatic carbocycles. The quantitative estimate of drug-likeness (QED) is 0.654. The highest BCUT2D eigenvalue weighted by atomic mass is 16.7. The summed E-state index contributed by atoms with van der Waals surface area (Å²) in [7, 11) is 3.97. The summed E-state index contributed by atoms with van der Waals surface area (Å²) >= 11 is 0. The van der Waals surface area contributed by atoms with Crippen molar-refractivity contribution in [3.8, 4) is 0 Å². The fourth-order valence-electron chi connectivity index (χ4n) is 1.64. The Morgan fingerprint density at radius 1 is 1.47 bits per heavy atom. The van der Waals surface area contributed by atoms with Crippen molar-refractivity contribution in [2.45, 2.75) is 38.6 Å². The van der Waals surface area contributed by atoms with Gasteiger partial charge in [0, 0.05) is 6.42 Å². The molecule has 0 aliphatic carbocycles. The van der Waals surface area contributed by atoms with Gasteiger partial charge < -0.3 is 19.1 Å². The highest BCUT2D eigenvalue weighted by Gasteiger charge is 2.33. The van der Waals surface area contributed by atoms with E-state index in [0.717, 1.165) is 13.0 Å². The van der Waals surface area contributed by atoms with Crippen molar-refractivity contribution in [2.75, 3.05) is 33.9 Å². The number of ether oxygens (including phenoxy) is 3. The molecule has 1 atom stereocenters. The smallest absolute Gasteiger partial charge is 0.305 e. The first-order valence-corrected chi connectivity index (χ1v) is 6.01. The third-order valence-corrected chi connectivity index (χ3v) is 2.48. The van der Waals surface area contributed by atoms with Gasteiger partial charge in [-0.3, -0.25) is 4.79 Å². The number of esters is 1. The molecule has 0 unspecified atom stereocenters. The van der Waals surface area contributed by atoms with E-state index in [9.17, 15) is 4.79 Å². The topological polar surface area (TPSA) is 48.0 Å². The van der Waals surface area contributed by atoms with E-state index in [0.29, 0.717) is 13.0 Å². The van der Waals surface area contributed by atoms with Gasteiger partial charge in [0.2, 0.25) is 0 Å². The lowest BCUT2D eigenvalue weighted by molar-refractivity contribution is -0.158. The van der Waals surface area contributed by atoms with Gasteiger partial charge in [-0.1, -0.05) is 0 Å². The van der Waals surface area contributed by atoms with Crippen LogP contribution in [0.4, 0.5) is 0 Å². The molecule has 0 N–H and O–H groups in total. The van der Waals surface area contributed by atoms with E-state index in [4.69, 9.17) is 14.2 Å². The van der Waals surface area contributed by atoms with Crippen LogP contribution in [0, 0.1) is 0 Å². The molecule has 0 saturated carbocycles. The number of nitrogens with zero attached hydrogens (tertiary/aromatic N) is 1. The van der Waals surface area contributed by atoms with Crippen molar-refractivity contribution >= 4 is 5.97 Å². The molecule has 0 aromatic rings. The van der Waals surface area contributed by atoms with E-state index < -0.39 is 5.79 Å². The van der Waals surface area contributed by atoms with Crippen LogP contribution in [0.3, 0.4) is 0 Å². The Kier molecular flexibility index (Phi) is 5.36. The molecule has 1 aliphatic heterocycles. The molecule has 0 bridgehead atoms. The largest absolute Gasteiger partial charge is 0.463 e. The van der Waals surface area contributed by atoms with Crippen molar-refractivity contribution < 1.29 is 19.0 Å². The van der Waals surface area contributed by atoms with Crippen LogP contribution in [-0.2, 0) is 19.0 Å². The van der Waals surface area contributed by atoms with Crippen LogP contribution in [0.25, 0.3) is 0 Å². The standard InChI is InChI=1S/C12H23NO4/c1-12(2)16-9-10(17-12)8-15-11(14)6-5-7-13(3)4/h10H,5-9H2,1-4H3/t10-/m1/s1. The Bertz CT molecular complexity index is 253. The maximum absolute atomic E-state index is 11.4. The van der Waals surface area contributed by atoms with Crippen molar-refractivity contribution in [3.05, 3.63) is 0 Å². The second-order valence-corrected chi connectivity index (χ2v) is 5.04. The number of rotatable bonds is 6. The Balaban J connectivity index is 2.08. The summed E-state index contributed by atoms with van der Waals surface area (Å²) in [5, 5.41) is 0. The van der Waals surface area contributed by atoms with Crippen LogP contribution in [0.15, 0.2) is 0 Å². The molecule has 100 valence electrons. The minimum Gasteiger partial charge on any atom is -0.463 e. The van der Waals surface area contributed by atoms with Crippen molar-refractivity contribution in [1.29, 1.82) is 0 Å². The highest BCUT2D eigenvalue weighted by Crippen LogP contribution is 2.22. The second kappa shape index (κ2) is 6.33. The third-order valence-electron chi connectivity index (χ3n) is 2.48. The van der Waals surface area contributed by atoms with Gasteiger partial charge in [0.25, 0.3) is 0 Å². The van der Waals surface area contributed by atoms with Crippen molar-refractivity contribution in [1.82, 2.24) is 4.90 Å². The Morgan fingerprint density at radius 3 is 2.71 bits per heavy atom. The first-order valence-electron chi connectivity index (χ1n) is 6.01. The number of carbonyl (C=O) groups is 1. The molecular weight excluding hydrogens is 222 g/mol. The monoisotopic (exact) mass is 245 g/mol. The van der Waals surface area contributed by atoms with Crippen LogP contribution in [0.1, 0.15) is 26.7 Å². The Morgan fingerprint density at radius 2 is 2.18 bits per heavy atom. The van der Waals surface area contributed by atoms with Crippen LogP contribution < -0.4 is 0 Å². The van der Waals surface area contributed by atoms with Gasteiger partial charge in [0.05, 0.1) is 6.61 Å². The first-order chi connectivity index (χ1) is 7.89. The van der Waals surface area contributed by atoms with Gasteiger partial charge in [-0.25, -0.2) is 0 Å². The van der Waals surface area contributed by atoms with Crippen LogP contribution in [0.2, 0.25) is 0 Å². The number of hydrogen-bond acceptors (Lipinski definition) is 5. The summed E-state index contributed by atoms with van der Waals surface area (Å²) in [6, 6.07) is 0. The van der Waals surface area contributed by atoms with Gasteiger partial charge in [-0.2, -0.15) is 0 Å². The SMILES string of the molecule is CN(C)CCCC(=O)OC[C@@H]1COC(C)(C)O1. The fourth-order valence-corrected chi connectivity index (χ4v) is 1.64. The van der Waals surface area contributed by atoms with E-state index in [1.54, 1.807) is 0 Å². The second-order valence-electron chi connectivity index (χ2n) is 5.04. The van der Waals surface area contributed by atoms with Gasteiger partial charge in [0.1, 0.15) is 12.7 Å². The fraction of sp³-hybridized carbons (Fsp3) is 0.917. The van der Waals surface area contributed by atoms with Crippen LogP contribution in [0.5, 0.6) is 0 Å². The van der Waals surface area contributed by atoms with E-state index in [1.807, 2.05) is 32.8 Å². The van der Waals surface area contributed by atoms with E-state index in [1.165, 1.54) is 0 Å². The summed E-state index contributed by atoms with van der Waals surface area (Å²) in [5.41, 5.74) is 0. The molecular formula is C12H23NO4. The minimum atomic E-state index is -0.554. The average Bonchev–Trinajstić information content (AvgIpc) is 2.55. The summed E-state index contributed by atoms with van der Waals surface area (Å²) in [6.07, 6.45) is 1.14. The maximum Gasteiger partial charge on any atom is 0.305 e. The average molecular weight is 245 g/mol.